The highest BCUT2D eigenvalue weighted by molar-refractivity contribution is 5.99. The van der Waals surface area contributed by atoms with E-state index in [1.165, 1.54) is 38.4 Å². The molecule has 1 rings (SSSR count). The van der Waals surface area contributed by atoms with Crippen molar-refractivity contribution in [2.45, 2.75) is 0 Å². The van der Waals surface area contributed by atoms with E-state index in [-0.39, 0.29) is 16.8 Å². The molecular formula is C11H10N2O4. The van der Waals surface area contributed by atoms with Gasteiger partial charge in [-0.2, -0.15) is 4.99 Å². The van der Waals surface area contributed by atoms with E-state index in [0.717, 1.165) is 0 Å². The summed E-state index contributed by atoms with van der Waals surface area (Å²) in [7, 11) is 2.67. The number of benzene rings is 1. The number of amides is 1. The summed E-state index contributed by atoms with van der Waals surface area (Å²) in [6.07, 6.45) is 1.34. The molecule has 0 saturated carbocycles. The van der Waals surface area contributed by atoms with E-state index in [2.05, 4.69) is 15.0 Å². The van der Waals surface area contributed by atoms with Crippen molar-refractivity contribution in [3.05, 3.63) is 29.3 Å². The summed E-state index contributed by atoms with van der Waals surface area (Å²) in [5.41, 5.74) is 0.522. The fourth-order valence-corrected chi connectivity index (χ4v) is 1.24. The lowest BCUT2D eigenvalue weighted by Crippen LogP contribution is -2.18. The van der Waals surface area contributed by atoms with Crippen LogP contribution < -0.4 is 5.32 Å². The standard InChI is InChI=1S/C11H10N2O4/c1-12-10(15)7-3-8(11(16)17-2)5-9(4-7)13-6-14/h3-5H,1-2H3,(H,12,15). The molecule has 0 atom stereocenters. The first-order chi connectivity index (χ1) is 8.12. The molecule has 0 aliphatic heterocycles. The maximum Gasteiger partial charge on any atom is 0.337 e. The normalized spacial score (nSPS) is 9.06. The van der Waals surface area contributed by atoms with E-state index in [1.807, 2.05) is 0 Å². The predicted molar refractivity (Wildman–Crippen MR) is 59.0 cm³/mol. The van der Waals surface area contributed by atoms with Crippen molar-refractivity contribution in [2.24, 2.45) is 4.99 Å². The van der Waals surface area contributed by atoms with Gasteiger partial charge in [-0.3, -0.25) is 4.79 Å². The fourth-order valence-electron chi connectivity index (χ4n) is 1.24. The Hall–Kier alpha value is -2.46. The molecule has 17 heavy (non-hydrogen) atoms. The van der Waals surface area contributed by atoms with Gasteiger partial charge < -0.3 is 10.1 Å². The summed E-state index contributed by atoms with van der Waals surface area (Å²) >= 11 is 0. The molecule has 0 radical (unpaired) electrons. The topological polar surface area (TPSA) is 84.8 Å². The molecule has 0 aromatic heterocycles. The molecule has 0 heterocycles. The third-order valence-corrected chi connectivity index (χ3v) is 2.00. The third-order valence-electron chi connectivity index (χ3n) is 2.00. The van der Waals surface area contributed by atoms with Crippen LogP contribution in [0.3, 0.4) is 0 Å². The Morgan fingerprint density at radius 2 is 1.94 bits per heavy atom. The summed E-state index contributed by atoms with van der Waals surface area (Å²) in [6.45, 7) is 0. The molecule has 0 aliphatic carbocycles. The first kappa shape index (κ1) is 12.6. The van der Waals surface area contributed by atoms with E-state index in [9.17, 15) is 14.4 Å². The van der Waals surface area contributed by atoms with Gasteiger partial charge in [0.15, 0.2) is 0 Å². The van der Waals surface area contributed by atoms with Crippen molar-refractivity contribution in [3.8, 4) is 0 Å². The average molecular weight is 234 g/mol. The molecule has 6 heteroatoms. The van der Waals surface area contributed by atoms with Crippen LogP contribution in [0.25, 0.3) is 0 Å². The number of ether oxygens (including phenoxy) is 1. The average Bonchev–Trinajstić information content (AvgIpc) is 2.36. The minimum Gasteiger partial charge on any atom is -0.465 e. The third kappa shape index (κ3) is 2.99. The van der Waals surface area contributed by atoms with Gasteiger partial charge in [0.1, 0.15) is 0 Å². The number of aliphatic imine (C=N–C) groups is 1. The highest BCUT2D eigenvalue weighted by Crippen LogP contribution is 2.18. The maximum absolute atomic E-state index is 11.4. The zero-order chi connectivity index (χ0) is 12.8. The van der Waals surface area contributed by atoms with Gasteiger partial charge in [0, 0.05) is 12.6 Å². The Morgan fingerprint density at radius 1 is 1.29 bits per heavy atom. The van der Waals surface area contributed by atoms with Crippen LogP contribution in [0, 0.1) is 0 Å². The van der Waals surface area contributed by atoms with Crippen LogP contribution in [-0.4, -0.2) is 32.1 Å². The van der Waals surface area contributed by atoms with Gasteiger partial charge >= 0.3 is 5.97 Å². The Balaban J connectivity index is 3.32. The van der Waals surface area contributed by atoms with Crippen molar-refractivity contribution in [1.82, 2.24) is 5.32 Å². The molecule has 0 spiro atoms. The lowest BCUT2D eigenvalue weighted by atomic mass is 10.1. The molecule has 1 aromatic carbocycles. The summed E-state index contributed by atoms with van der Waals surface area (Å²) in [4.78, 5) is 36.3. The van der Waals surface area contributed by atoms with E-state index in [1.54, 1.807) is 0 Å². The molecule has 1 N–H and O–H groups in total. The van der Waals surface area contributed by atoms with Crippen LogP contribution >= 0.6 is 0 Å². The minimum atomic E-state index is -0.613. The van der Waals surface area contributed by atoms with E-state index < -0.39 is 11.9 Å². The second-order valence-corrected chi connectivity index (χ2v) is 3.04. The number of nitrogens with one attached hydrogen (secondary N) is 1. The highest BCUT2D eigenvalue weighted by Gasteiger charge is 2.12. The van der Waals surface area contributed by atoms with Crippen LogP contribution in [0.5, 0.6) is 0 Å². The maximum atomic E-state index is 11.4. The number of carbonyl (C=O) groups excluding carboxylic acids is 3. The Kier molecular flexibility index (Phi) is 4.14. The van der Waals surface area contributed by atoms with Gasteiger partial charge in [0.2, 0.25) is 6.08 Å². The van der Waals surface area contributed by atoms with Gasteiger partial charge in [-0.15, -0.1) is 0 Å². The number of hydrogen-bond donors (Lipinski definition) is 1. The van der Waals surface area contributed by atoms with Crippen LogP contribution in [0.2, 0.25) is 0 Å². The number of nitrogens with zero attached hydrogens (tertiary/aromatic N) is 1. The molecule has 0 unspecified atom stereocenters. The first-order valence-corrected chi connectivity index (χ1v) is 4.65. The Labute approximate surface area is 97.3 Å². The molecule has 1 amide bonds. The number of methoxy groups -OCH3 is 1. The zero-order valence-electron chi connectivity index (χ0n) is 9.31. The largest absolute Gasteiger partial charge is 0.465 e. The molecule has 0 bridgehead atoms. The van der Waals surface area contributed by atoms with Gasteiger partial charge in [0.05, 0.1) is 18.4 Å². The van der Waals surface area contributed by atoms with Crippen LogP contribution in [0.1, 0.15) is 20.7 Å². The van der Waals surface area contributed by atoms with Gasteiger partial charge in [0.25, 0.3) is 5.91 Å². The number of rotatable bonds is 3. The Bertz CT molecular complexity index is 470. The van der Waals surface area contributed by atoms with Crippen molar-refractivity contribution in [2.75, 3.05) is 14.2 Å². The van der Waals surface area contributed by atoms with Crippen LogP contribution in [-0.2, 0) is 9.53 Å². The molecule has 88 valence electrons. The van der Waals surface area contributed by atoms with E-state index >= 15 is 0 Å². The van der Waals surface area contributed by atoms with Gasteiger partial charge in [-0.25, -0.2) is 9.59 Å². The predicted octanol–water partition coefficient (Wildman–Crippen LogP) is 0.800. The molecule has 1 aromatic rings. The molecule has 6 nitrogen and oxygen atoms in total. The highest BCUT2D eigenvalue weighted by atomic mass is 16.5. The first-order valence-electron chi connectivity index (χ1n) is 4.65. The van der Waals surface area contributed by atoms with Crippen LogP contribution in [0.15, 0.2) is 23.2 Å². The van der Waals surface area contributed by atoms with Crippen molar-refractivity contribution in [1.29, 1.82) is 0 Å². The van der Waals surface area contributed by atoms with Crippen molar-refractivity contribution < 1.29 is 19.1 Å². The number of hydrogen-bond acceptors (Lipinski definition) is 5. The quantitative estimate of drug-likeness (QED) is 0.476. The molecule has 0 aliphatic rings. The molecule has 0 saturated heterocycles. The Morgan fingerprint density at radius 3 is 2.47 bits per heavy atom. The summed E-state index contributed by atoms with van der Waals surface area (Å²) in [6, 6.07) is 4.06. The summed E-state index contributed by atoms with van der Waals surface area (Å²) in [5.74, 6) is -1.00. The number of isocyanates is 1. The van der Waals surface area contributed by atoms with E-state index in [4.69, 9.17) is 0 Å². The molecular weight excluding hydrogens is 224 g/mol. The second-order valence-electron chi connectivity index (χ2n) is 3.04. The van der Waals surface area contributed by atoms with Gasteiger partial charge in [-0.05, 0) is 18.2 Å². The lowest BCUT2D eigenvalue weighted by Gasteiger charge is -2.04. The number of carbonyl (C=O) groups is 2. The SMILES string of the molecule is CNC(=O)c1cc(N=C=O)cc(C(=O)OC)c1. The zero-order valence-corrected chi connectivity index (χ0v) is 9.31. The molecule has 0 fully saturated rings. The van der Waals surface area contributed by atoms with Crippen molar-refractivity contribution in [3.63, 3.8) is 0 Å². The minimum absolute atomic E-state index is 0.141. The number of esters is 1. The van der Waals surface area contributed by atoms with Crippen molar-refractivity contribution >= 4 is 23.6 Å². The monoisotopic (exact) mass is 234 g/mol. The summed E-state index contributed by atoms with van der Waals surface area (Å²) < 4.78 is 4.53. The fraction of sp³-hybridized carbons (Fsp3) is 0.182. The summed E-state index contributed by atoms with van der Waals surface area (Å²) in [5, 5.41) is 2.40. The van der Waals surface area contributed by atoms with Crippen LogP contribution in [0.4, 0.5) is 5.69 Å². The second kappa shape index (κ2) is 5.58. The smallest absolute Gasteiger partial charge is 0.337 e. The van der Waals surface area contributed by atoms with Gasteiger partial charge in [-0.1, -0.05) is 0 Å². The van der Waals surface area contributed by atoms with E-state index in [0.29, 0.717) is 0 Å². The lowest BCUT2D eigenvalue weighted by molar-refractivity contribution is 0.0600.